The van der Waals surface area contributed by atoms with E-state index in [1.165, 1.54) is 0 Å². The Labute approximate surface area is 140 Å². The van der Waals surface area contributed by atoms with Gasteiger partial charge in [0.15, 0.2) is 0 Å². The Morgan fingerprint density at radius 2 is 2.12 bits per heavy atom. The zero-order valence-corrected chi connectivity index (χ0v) is 14.3. The fraction of sp³-hybridized carbons (Fsp3) is 0.412. The fourth-order valence-electron chi connectivity index (χ4n) is 2.71. The number of rotatable bonds is 5. The maximum Gasteiger partial charge on any atom is 0.258 e. The summed E-state index contributed by atoms with van der Waals surface area (Å²) in [4.78, 5) is 16.9. The van der Waals surface area contributed by atoms with E-state index in [0.29, 0.717) is 28.9 Å². The third kappa shape index (κ3) is 3.29. The lowest BCUT2D eigenvalue weighted by Crippen LogP contribution is -2.30. The van der Waals surface area contributed by atoms with Crippen LogP contribution in [0.2, 0.25) is 0 Å². The Bertz CT molecular complexity index is 880. The molecule has 7 heteroatoms. The number of hydrogen-bond acceptors (Lipinski definition) is 5. The summed E-state index contributed by atoms with van der Waals surface area (Å²) in [6.07, 6.45) is 1.95. The first-order chi connectivity index (χ1) is 11.4. The number of carbonyl (C=O) groups excluding carboxylic acids is 1. The summed E-state index contributed by atoms with van der Waals surface area (Å²) < 4.78 is 7.07. The zero-order chi connectivity index (χ0) is 17.3. The third-order valence-corrected chi connectivity index (χ3v) is 3.87. The number of pyridine rings is 1. The summed E-state index contributed by atoms with van der Waals surface area (Å²) in [5.41, 5.74) is 3.34. The minimum Gasteiger partial charge on any atom is -0.352 e. The largest absolute Gasteiger partial charge is 0.352 e. The van der Waals surface area contributed by atoms with E-state index >= 15 is 0 Å². The topological polar surface area (TPSA) is 85.8 Å². The van der Waals surface area contributed by atoms with Crippen molar-refractivity contribution in [2.24, 2.45) is 5.92 Å². The lowest BCUT2D eigenvalue weighted by molar-refractivity contribution is 0.0948. The normalized spacial score (nSPS) is 12.5. The van der Waals surface area contributed by atoms with Crippen molar-refractivity contribution in [3.63, 3.8) is 0 Å². The van der Waals surface area contributed by atoms with E-state index in [9.17, 15) is 4.79 Å². The molecular formula is C17H21N5O2. The minimum atomic E-state index is -0.139. The van der Waals surface area contributed by atoms with Gasteiger partial charge in [-0.1, -0.05) is 12.1 Å². The van der Waals surface area contributed by atoms with Gasteiger partial charge in [-0.15, -0.1) is 0 Å². The Balaban J connectivity index is 1.70. The lowest BCUT2D eigenvalue weighted by atomic mass is 10.1. The summed E-state index contributed by atoms with van der Waals surface area (Å²) in [7, 11) is 0. The van der Waals surface area contributed by atoms with Crippen LogP contribution in [0.4, 0.5) is 0 Å². The molecular weight excluding hydrogens is 306 g/mol. The molecule has 3 rings (SSSR count). The summed E-state index contributed by atoms with van der Waals surface area (Å²) in [6.45, 7) is 8.99. The molecule has 7 nitrogen and oxygen atoms in total. The number of nitrogens with zero attached hydrogens (tertiary/aromatic N) is 4. The zero-order valence-electron chi connectivity index (χ0n) is 14.3. The molecule has 0 saturated heterocycles. The first-order valence-electron chi connectivity index (χ1n) is 7.96. The number of aryl methyl sites for hydroxylation is 3. The van der Waals surface area contributed by atoms with Gasteiger partial charge in [-0.25, -0.2) is 4.98 Å². The molecule has 1 N–H and O–H groups in total. The van der Waals surface area contributed by atoms with E-state index in [1.54, 1.807) is 6.07 Å². The highest BCUT2D eigenvalue weighted by molar-refractivity contribution is 6.06. The van der Waals surface area contributed by atoms with Crippen LogP contribution in [0.1, 0.15) is 34.4 Å². The second-order valence-corrected chi connectivity index (χ2v) is 6.25. The predicted octanol–water partition coefficient (Wildman–Crippen LogP) is 2.41. The SMILES string of the molecule is Cc1cc(C(=O)NC[C@@H](C)Cn2ccc(C)n2)c2c(C)noc2n1. The van der Waals surface area contributed by atoms with Crippen LogP contribution < -0.4 is 5.32 Å². The van der Waals surface area contributed by atoms with Crippen molar-refractivity contribution in [3.8, 4) is 0 Å². The van der Waals surface area contributed by atoms with Crippen LogP contribution in [0, 0.1) is 26.7 Å². The van der Waals surface area contributed by atoms with Gasteiger partial charge in [-0.05, 0) is 38.8 Å². The highest BCUT2D eigenvalue weighted by Crippen LogP contribution is 2.21. The average molecular weight is 327 g/mol. The Hall–Kier alpha value is -2.70. The number of fused-ring (bicyclic) bond motifs is 1. The standard InChI is InChI=1S/C17H21N5O2/c1-10(9-22-6-5-11(2)20-22)8-18-16(23)14-7-12(3)19-17-15(14)13(4)21-24-17/h5-7,10H,8-9H2,1-4H3,(H,18,23)/t10-/m1/s1. The number of amides is 1. The fourth-order valence-corrected chi connectivity index (χ4v) is 2.71. The Kier molecular flexibility index (Phi) is 4.33. The maximum atomic E-state index is 12.6. The number of carbonyl (C=O) groups is 1. The quantitative estimate of drug-likeness (QED) is 0.778. The van der Waals surface area contributed by atoms with Gasteiger partial charge in [-0.2, -0.15) is 5.10 Å². The minimum absolute atomic E-state index is 0.139. The van der Waals surface area contributed by atoms with Crippen molar-refractivity contribution in [3.05, 3.63) is 41.0 Å². The summed E-state index contributed by atoms with van der Waals surface area (Å²) >= 11 is 0. The van der Waals surface area contributed by atoms with Gasteiger partial charge in [-0.3, -0.25) is 9.48 Å². The van der Waals surface area contributed by atoms with Crippen LogP contribution in [0.3, 0.4) is 0 Å². The number of nitrogens with one attached hydrogen (secondary N) is 1. The molecule has 0 aliphatic heterocycles. The summed E-state index contributed by atoms with van der Waals surface area (Å²) in [5, 5.41) is 11.9. The lowest BCUT2D eigenvalue weighted by Gasteiger charge is -2.13. The van der Waals surface area contributed by atoms with Crippen molar-refractivity contribution < 1.29 is 9.32 Å². The molecule has 0 aliphatic rings. The maximum absolute atomic E-state index is 12.6. The van der Waals surface area contributed by atoms with Gasteiger partial charge >= 0.3 is 0 Å². The van der Waals surface area contributed by atoms with Gasteiger partial charge in [0.1, 0.15) is 0 Å². The van der Waals surface area contributed by atoms with Gasteiger partial charge in [0.2, 0.25) is 0 Å². The van der Waals surface area contributed by atoms with Crippen LogP contribution in [-0.4, -0.2) is 32.4 Å². The molecule has 0 unspecified atom stereocenters. The van der Waals surface area contributed by atoms with E-state index in [4.69, 9.17) is 4.52 Å². The van der Waals surface area contributed by atoms with E-state index in [2.05, 4.69) is 27.5 Å². The monoisotopic (exact) mass is 327 g/mol. The molecule has 0 fully saturated rings. The molecule has 0 radical (unpaired) electrons. The second kappa shape index (κ2) is 6.43. The van der Waals surface area contributed by atoms with Crippen LogP contribution in [-0.2, 0) is 6.54 Å². The molecule has 24 heavy (non-hydrogen) atoms. The van der Waals surface area contributed by atoms with E-state index in [-0.39, 0.29) is 11.8 Å². The number of aromatic nitrogens is 4. The van der Waals surface area contributed by atoms with Crippen LogP contribution in [0.5, 0.6) is 0 Å². The van der Waals surface area contributed by atoms with Crippen molar-refractivity contribution in [2.75, 3.05) is 6.54 Å². The predicted molar refractivity (Wildman–Crippen MR) is 89.7 cm³/mol. The van der Waals surface area contributed by atoms with Crippen LogP contribution in [0.15, 0.2) is 22.9 Å². The first-order valence-corrected chi connectivity index (χ1v) is 7.96. The molecule has 1 atom stereocenters. The van der Waals surface area contributed by atoms with Crippen molar-refractivity contribution in [2.45, 2.75) is 34.2 Å². The molecule has 3 aromatic heterocycles. The Morgan fingerprint density at radius 1 is 1.33 bits per heavy atom. The average Bonchev–Trinajstić information content (AvgIpc) is 3.10. The molecule has 126 valence electrons. The molecule has 3 heterocycles. The number of hydrogen-bond donors (Lipinski definition) is 1. The first kappa shape index (κ1) is 16.2. The van der Waals surface area contributed by atoms with E-state index in [1.807, 2.05) is 37.7 Å². The molecule has 0 aromatic carbocycles. The molecule has 0 spiro atoms. The van der Waals surface area contributed by atoms with E-state index < -0.39 is 0 Å². The second-order valence-electron chi connectivity index (χ2n) is 6.25. The van der Waals surface area contributed by atoms with E-state index in [0.717, 1.165) is 17.9 Å². The van der Waals surface area contributed by atoms with Gasteiger partial charge in [0, 0.05) is 25.0 Å². The van der Waals surface area contributed by atoms with Crippen molar-refractivity contribution in [1.82, 2.24) is 25.2 Å². The molecule has 0 aliphatic carbocycles. The van der Waals surface area contributed by atoms with Gasteiger partial charge in [0.25, 0.3) is 11.6 Å². The van der Waals surface area contributed by atoms with Crippen molar-refractivity contribution >= 4 is 17.0 Å². The smallest absolute Gasteiger partial charge is 0.258 e. The molecule has 3 aromatic rings. The molecule has 0 bridgehead atoms. The summed E-state index contributed by atoms with van der Waals surface area (Å²) in [5.74, 6) is 0.121. The molecule has 1 amide bonds. The Morgan fingerprint density at radius 3 is 2.83 bits per heavy atom. The van der Waals surface area contributed by atoms with Crippen LogP contribution >= 0.6 is 0 Å². The van der Waals surface area contributed by atoms with Crippen molar-refractivity contribution in [1.29, 1.82) is 0 Å². The third-order valence-electron chi connectivity index (χ3n) is 3.87. The summed E-state index contributed by atoms with van der Waals surface area (Å²) in [6, 6.07) is 3.74. The van der Waals surface area contributed by atoms with Crippen LogP contribution in [0.25, 0.3) is 11.1 Å². The van der Waals surface area contributed by atoms with Gasteiger partial charge in [0.05, 0.1) is 22.3 Å². The molecule has 0 saturated carbocycles. The highest BCUT2D eigenvalue weighted by Gasteiger charge is 2.18. The van der Waals surface area contributed by atoms with Gasteiger partial charge < -0.3 is 9.84 Å². The highest BCUT2D eigenvalue weighted by atomic mass is 16.5.